The largest absolute Gasteiger partial charge is 0.354 e. The van der Waals surface area contributed by atoms with Crippen molar-refractivity contribution in [3.8, 4) is 11.4 Å². The minimum Gasteiger partial charge on any atom is -0.354 e. The number of benzene rings is 1. The van der Waals surface area contributed by atoms with Gasteiger partial charge < -0.3 is 9.84 Å². The molecular weight excluding hydrogens is 266 g/mol. The van der Waals surface area contributed by atoms with E-state index < -0.39 is 0 Å². The van der Waals surface area contributed by atoms with Gasteiger partial charge in [-0.3, -0.25) is 4.79 Å². The molecule has 112 valence electrons. The second kappa shape index (κ2) is 7.02. The Morgan fingerprint density at radius 1 is 1.43 bits per heavy atom. The standard InChI is InChI=1S/C16H21N3O2/c1-4-12(3)17-14(20)8-9-15-18-16(19-21-15)13-7-5-6-11(2)10-13/h5-7,10,12H,4,8-9H2,1-3H3,(H,17,20)/t12-/m1/s1. The summed E-state index contributed by atoms with van der Waals surface area (Å²) in [6.45, 7) is 6.04. The minimum atomic E-state index is 0.0136. The Morgan fingerprint density at radius 3 is 2.95 bits per heavy atom. The number of nitrogens with zero attached hydrogens (tertiary/aromatic N) is 2. The highest BCUT2D eigenvalue weighted by Crippen LogP contribution is 2.17. The maximum atomic E-state index is 11.7. The van der Waals surface area contributed by atoms with Crippen molar-refractivity contribution in [3.05, 3.63) is 35.7 Å². The number of aryl methyl sites for hydroxylation is 2. The Bertz CT molecular complexity index is 607. The average molecular weight is 287 g/mol. The van der Waals surface area contributed by atoms with E-state index in [1.54, 1.807) is 0 Å². The molecule has 1 heterocycles. The van der Waals surface area contributed by atoms with Gasteiger partial charge in [0.1, 0.15) is 0 Å². The van der Waals surface area contributed by atoms with Crippen molar-refractivity contribution in [2.24, 2.45) is 0 Å². The molecular formula is C16H21N3O2. The second-order valence-corrected chi connectivity index (χ2v) is 5.26. The number of hydrogen-bond acceptors (Lipinski definition) is 4. The summed E-state index contributed by atoms with van der Waals surface area (Å²) in [5.41, 5.74) is 2.07. The van der Waals surface area contributed by atoms with Gasteiger partial charge in [-0.25, -0.2) is 0 Å². The van der Waals surface area contributed by atoms with Crippen molar-refractivity contribution in [2.75, 3.05) is 0 Å². The number of amides is 1. The fourth-order valence-electron chi connectivity index (χ4n) is 1.93. The second-order valence-electron chi connectivity index (χ2n) is 5.26. The third-order valence-electron chi connectivity index (χ3n) is 3.33. The van der Waals surface area contributed by atoms with E-state index in [2.05, 4.69) is 15.5 Å². The lowest BCUT2D eigenvalue weighted by atomic mass is 10.1. The molecule has 0 spiro atoms. The summed E-state index contributed by atoms with van der Waals surface area (Å²) in [5, 5.41) is 6.88. The van der Waals surface area contributed by atoms with Crippen LogP contribution in [0, 0.1) is 6.92 Å². The van der Waals surface area contributed by atoms with E-state index in [-0.39, 0.29) is 11.9 Å². The Kier molecular flexibility index (Phi) is 5.09. The normalized spacial score (nSPS) is 12.1. The number of nitrogens with one attached hydrogen (secondary N) is 1. The molecule has 0 bridgehead atoms. The van der Waals surface area contributed by atoms with Crippen LogP contribution in [0.5, 0.6) is 0 Å². The van der Waals surface area contributed by atoms with Gasteiger partial charge in [0.2, 0.25) is 17.6 Å². The van der Waals surface area contributed by atoms with Gasteiger partial charge in [0.05, 0.1) is 0 Å². The van der Waals surface area contributed by atoms with E-state index in [4.69, 9.17) is 4.52 Å². The van der Waals surface area contributed by atoms with Crippen molar-refractivity contribution in [1.29, 1.82) is 0 Å². The first-order valence-electron chi connectivity index (χ1n) is 7.27. The lowest BCUT2D eigenvalue weighted by Crippen LogP contribution is -2.32. The molecule has 0 saturated heterocycles. The van der Waals surface area contributed by atoms with E-state index in [1.807, 2.05) is 45.0 Å². The Balaban J connectivity index is 1.93. The van der Waals surface area contributed by atoms with Crippen LogP contribution < -0.4 is 5.32 Å². The molecule has 0 saturated carbocycles. The molecule has 1 N–H and O–H groups in total. The van der Waals surface area contributed by atoms with Crippen molar-refractivity contribution in [1.82, 2.24) is 15.5 Å². The van der Waals surface area contributed by atoms with Gasteiger partial charge in [-0.2, -0.15) is 4.98 Å². The quantitative estimate of drug-likeness (QED) is 0.887. The number of hydrogen-bond donors (Lipinski definition) is 1. The first kappa shape index (κ1) is 15.2. The van der Waals surface area contributed by atoms with Crippen LogP contribution in [0.15, 0.2) is 28.8 Å². The molecule has 2 aromatic rings. The zero-order valence-electron chi connectivity index (χ0n) is 12.7. The predicted molar refractivity (Wildman–Crippen MR) is 80.7 cm³/mol. The van der Waals surface area contributed by atoms with Gasteiger partial charge >= 0.3 is 0 Å². The zero-order valence-corrected chi connectivity index (χ0v) is 12.7. The average Bonchev–Trinajstić information content (AvgIpc) is 2.94. The predicted octanol–water partition coefficient (Wildman–Crippen LogP) is 2.89. The van der Waals surface area contributed by atoms with Gasteiger partial charge in [-0.05, 0) is 26.3 Å². The molecule has 2 rings (SSSR count). The first-order chi connectivity index (χ1) is 10.1. The van der Waals surface area contributed by atoms with Crippen LogP contribution in [-0.4, -0.2) is 22.1 Å². The van der Waals surface area contributed by atoms with Crippen LogP contribution in [0.25, 0.3) is 11.4 Å². The van der Waals surface area contributed by atoms with Gasteiger partial charge in [0, 0.05) is 24.4 Å². The van der Waals surface area contributed by atoms with Crippen LogP contribution in [-0.2, 0) is 11.2 Å². The lowest BCUT2D eigenvalue weighted by molar-refractivity contribution is -0.121. The molecule has 0 unspecified atom stereocenters. The van der Waals surface area contributed by atoms with Crippen LogP contribution >= 0.6 is 0 Å². The molecule has 1 aromatic carbocycles. The summed E-state index contributed by atoms with van der Waals surface area (Å²) in [6, 6.07) is 8.12. The summed E-state index contributed by atoms with van der Waals surface area (Å²) in [7, 11) is 0. The third-order valence-corrected chi connectivity index (χ3v) is 3.33. The summed E-state index contributed by atoms with van der Waals surface area (Å²) >= 11 is 0. The maximum Gasteiger partial charge on any atom is 0.227 e. The Hall–Kier alpha value is -2.17. The molecule has 0 aliphatic carbocycles. The smallest absolute Gasteiger partial charge is 0.227 e. The summed E-state index contributed by atoms with van der Waals surface area (Å²) < 4.78 is 5.20. The highest BCUT2D eigenvalue weighted by Gasteiger charge is 2.11. The van der Waals surface area contributed by atoms with Gasteiger partial charge in [-0.15, -0.1) is 0 Å². The summed E-state index contributed by atoms with van der Waals surface area (Å²) in [4.78, 5) is 16.0. The van der Waals surface area contributed by atoms with Gasteiger partial charge in [0.25, 0.3) is 0 Å². The van der Waals surface area contributed by atoms with Crippen LogP contribution in [0.4, 0.5) is 0 Å². The molecule has 21 heavy (non-hydrogen) atoms. The van der Waals surface area contributed by atoms with E-state index in [0.29, 0.717) is 24.6 Å². The zero-order chi connectivity index (χ0) is 15.2. The van der Waals surface area contributed by atoms with Crippen molar-refractivity contribution in [3.63, 3.8) is 0 Å². The Labute approximate surface area is 124 Å². The molecule has 5 nitrogen and oxygen atoms in total. The topological polar surface area (TPSA) is 68.0 Å². The third kappa shape index (κ3) is 4.41. The molecule has 1 amide bonds. The SMILES string of the molecule is CC[C@@H](C)NC(=O)CCc1nc(-c2cccc(C)c2)no1. The van der Waals surface area contributed by atoms with Gasteiger partial charge in [-0.1, -0.05) is 35.8 Å². The number of rotatable bonds is 6. The minimum absolute atomic E-state index is 0.0136. The van der Waals surface area contributed by atoms with E-state index in [9.17, 15) is 4.79 Å². The van der Waals surface area contributed by atoms with E-state index >= 15 is 0 Å². The number of aromatic nitrogens is 2. The summed E-state index contributed by atoms with van der Waals surface area (Å²) in [6.07, 6.45) is 1.74. The molecule has 5 heteroatoms. The molecule has 0 aliphatic heterocycles. The number of carbonyl (C=O) groups is 1. The summed E-state index contributed by atoms with van der Waals surface area (Å²) in [5.74, 6) is 1.07. The molecule has 0 radical (unpaired) electrons. The highest BCUT2D eigenvalue weighted by atomic mass is 16.5. The maximum absolute atomic E-state index is 11.7. The highest BCUT2D eigenvalue weighted by molar-refractivity contribution is 5.76. The Morgan fingerprint density at radius 2 is 2.24 bits per heavy atom. The number of carbonyl (C=O) groups excluding carboxylic acids is 1. The van der Waals surface area contributed by atoms with Crippen molar-refractivity contribution in [2.45, 2.75) is 46.1 Å². The van der Waals surface area contributed by atoms with E-state index in [0.717, 1.165) is 17.5 Å². The first-order valence-corrected chi connectivity index (χ1v) is 7.27. The monoisotopic (exact) mass is 287 g/mol. The molecule has 0 aliphatic rings. The van der Waals surface area contributed by atoms with Gasteiger partial charge in [0.15, 0.2) is 0 Å². The van der Waals surface area contributed by atoms with Crippen molar-refractivity contribution < 1.29 is 9.32 Å². The fourth-order valence-corrected chi connectivity index (χ4v) is 1.93. The lowest BCUT2D eigenvalue weighted by Gasteiger charge is -2.10. The van der Waals surface area contributed by atoms with Crippen LogP contribution in [0.1, 0.15) is 38.1 Å². The van der Waals surface area contributed by atoms with Crippen molar-refractivity contribution >= 4 is 5.91 Å². The molecule has 1 atom stereocenters. The van der Waals surface area contributed by atoms with E-state index in [1.165, 1.54) is 0 Å². The molecule has 0 fully saturated rings. The fraction of sp³-hybridized carbons (Fsp3) is 0.438. The van der Waals surface area contributed by atoms with Crippen LogP contribution in [0.3, 0.4) is 0 Å². The molecule has 1 aromatic heterocycles. The van der Waals surface area contributed by atoms with Crippen LogP contribution in [0.2, 0.25) is 0 Å².